The second-order valence-corrected chi connectivity index (χ2v) is 7.05. The first-order chi connectivity index (χ1) is 13.0. The highest BCUT2D eigenvalue weighted by Gasteiger charge is 2.17. The van der Waals surface area contributed by atoms with E-state index in [-0.39, 0.29) is 24.9 Å². The van der Waals surface area contributed by atoms with Gasteiger partial charge in [-0.1, -0.05) is 12.1 Å². The van der Waals surface area contributed by atoms with Gasteiger partial charge in [-0.2, -0.15) is 0 Å². The Morgan fingerprint density at radius 3 is 2.44 bits per heavy atom. The molecule has 3 rings (SSSR count). The lowest BCUT2D eigenvalue weighted by atomic mass is 10.1. The first-order valence-corrected chi connectivity index (χ1v) is 9.37. The SMILES string of the molecule is CC(=O)CCc1cc(F)c(OCc2cccc(OC3CCCC3)c2)c(F)c1. The average Bonchev–Trinajstić information content (AvgIpc) is 3.12. The van der Waals surface area contributed by atoms with Gasteiger partial charge < -0.3 is 14.3 Å². The van der Waals surface area contributed by atoms with Gasteiger partial charge in [-0.15, -0.1) is 0 Å². The summed E-state index contributed by atoms with van der Waals surface area (Å²) in [6.07, 6.45) is 5.32. The van der Waals surface area contributed by atoms with Gasteiger partial charge in [0.05, 0.1) is 6.10 Å². The van der Waals surface area contributed by atoms with Crippen molar-refractivity contribution in [1.82, 2.24) is 0 Å². The normalized spacial score (nSPS) is 14.3. The number of carbonyl (C=O) groups excluding carboxylic acids is 1. The zero-order valence-electron chi connectivity index (χ0n) is 15.5. The minimum Gasteiger partial charge on any atom is -0.490 e. The average molecular weight is 374 g/mol. The molecule has 0 atom stereocenters. The number of hydrogen-bond acceptors (Lipinski definition) is 3. The van der Waals surface area contributed by atoms with Crippen LogP contribution in [0.5, 0.6) is 11.5 Å². The number of ether oxygens (including phenoxy) is 2. The Morgan fingerprint density at radius 2 is 1.78 bits per heavy atom. The molecule has 0 saturated heterocycles. The molecule has 0 heterocycles. The molecule has 0 unspecified atom stereocenters. The fourth-order valence-corrected chi connectivity index (χ4v) is 3.28. The van der Waals surface area contributed by atoms with Crippen LogP contribution in [0.1, 0.15) is 50.2 Å². The maximum absolute atomic E-state index is 14.2. The van der Waals surface area contributed by atoms with Crippen LogP contribution in [0.4, 0.5) is 8.78 Å². The van der Waals surface area contributed by atoms with E-state index in [2.05, 4.69) is 0 Å². The van der Waals surface area contributed by atoms with Crippen molar-refractivity contribution in [3.63, 3.8) is 0 Å². The van der Waals surface area contributed by atoms with Gasteiger partial charge in [0.15, 0.2) is 17.4 Å². The van der Waals surface area contributed by atoms with E-state index in [9.17, 15) is 13.6 Å². The summed E-state index contributed by atoms with van der Waals surface area (Å²) in [5, 5.41) is 0. The Balaban J connectivity index is 1.63. The van der Waals surface area contributed by atoms with Crippen molar-refractivity contribution in [2.24, 2.45) is 0 Å². The van der Waals surface area contributed by atoms with Gasteiger partial charge in [-0.05, 0) is 74.4 Å². The molecule has 0 radical (unpaired) electrons. The van der Waals surface area contributed by atoms with Crippen molar-refractivity contribution in [2.45, 2.75) is 58.2 Å². The summed E-state index contributed by atoms with van der Waals surface area (Å²) in [5.74, 6) is -1.18. The van der Waals surface area contributed by atoms with Crippen LogP contribution in [0, 0.1) is 11.6 Å². The van der Waals surface area contributed by atoms with Gasteiger partial charge in [0.2, 0.25) is 0 Å². The summed E-state index contributed by atoms with van der Waals surface area (Å²) in [5.41, 5.74) is 1.23. The number of halogens is 2. The van der Waals surface area contributed by atoms with E-state index in [1.807, 2.05) is 24.3 Å². The zero-order chi connectivity index (χ0) is 19.2. The molecule has 1 aliphatic rings. The Bertz CT molecular complexity index is 775. The van der Waals surface area contributed by atoms with Crippen LogP contribution in [0.2, 0.25) is 0 Å². The summed E-state index contributed by atoms with van der Waals surface area (Å²) in [7, 11) is 0. The zero-order valence-corrected chi connectivity index (χ0v) is 15.5. The summed E-state index contributed by atoms with van der Waals surface area (Å²) in [6, 6.07) is 9.85. The molecule has 0 aromatic heterocycles. The van der Waals surface area contributed by atoms with Gasteiger partial charge in [-0.25, -0.2) is 8.78 Å². The molecular weight excluding hydrogens is 350 g/mol. The predicted molar refractivity (Wildman–Crippen MR) is 99.0 cm³/mol. The minimum absolute atomic E-state index is 0.0177. The molecular formula is C22H24F2O3. The molecule has 1 saturated carbocycles. The Hall–Kier alpha value is -2.43. The van der Waals surface area contributed by atoms with Gasteiger partial charge >= 0.3 is 0 Å². The van der Waals surface area contributed by atoms with Gasteiger partial charge in [-0.3, -0.25) is 0 Å². The molecule has 2 aromatic rings. The third-order valence-corrected chi connectivity index (χ3v) is 4.71. The first kappa shape index (κ1) is 19.3. The molecule has 0 N–H and O–H groups in total. The summed E-state index contributed by atoms with van der Waals surface area (Å²) in [6.45, 7) is 1.50. The molecule has 2 aromatic carbocycles. The van der Waals surface area contributed by atoms with Gasteiger partial charge in [0, 0.05) is 6.42 Å². The van der Waals surface area contributed by atoms with Crippen LogP contribution in [0.3, 0.4) is 0 Å². The second-order valence-electron chi connectivity index (χ2n) is 7.05. The summed E-state index contributed by atoms with van der Waals surface area (Å²) < 4.78 is 39.8. The number of ketones is 1. The molecule has 0 aliphatic heterocycles. The minimum atomic E-state index is -0.757. The number of carbonyl (C=O) groups is 1. The highest BCUT2D eigenvalue weighted by molar-refractivity contribution is 5.75. The highest BCUT2D eigenvalue weighted by Crippen LogP contribution is 2.27. The third-order valence-electron chi connectivity index (χ3n) is 4.71. The van der Waals surface area contributed by atoms with Crippen LogP contribution in [0.15, 0.2) is 36.4 Å². The van der Waals surface area contributed by atoms with E-state index in [1.54, 1.807) is 0 Å². The van der Waals surface area contributed by atoms with Crippen molar-refractivity contribution in [1.29, 1.82) is 0 Å². The third kappa shape index (κ3) is 5.52. The Morgan fingerprint density at radius 1 is 1.07 bits per heavy atom. The molecule has 1 fully saturated rings. The number of rotatable bonds is 8. The van der Waals surface area contributed by atoms with E-state index in [0.717, 1.165) is 24.2 Å². The molecule has 0 amide bonds. The van der Waals surface area contributed by atoms with Gasteiger partial charge in [0.1, 0.15) is 18.1 Å². The highest BCUT2D eigenvalue weighted by atomic mass is 19.1. The fourth-order valence-electron chi connectivity index (χ4n) is 3.28. The first-order valence-electron chi connectivity index (χ1n) is 9.37. The predicted octanol–water partition coefficient (Wildman–Crippen LogP) is 5.39. The molecule has 1 aliphatic carbocycles. The monoisotopic (exact) mass is 374 g/mol. The van der Waals surface area contributed by atoms with Gasteiger partial charge in [0.25, 0.3) is 0 Å². The lowest BCUT2D eigenvalue weighted by Crippen LogP contribution is -2.11. The molecule has 0 spiro atoms. The molecule has 0 bridgehead atoms. The summed E-state index contributed by atoms with van der Waals surface area (Å²) >= 11 is 0. The van der Waals surface area contributed by atoms with Crippen molar-refractivity contribution in [3.8, 4) is 11.5 Å². The number of benzene rings is 2. The van der Waals surface area contributed by atoms with E-state index >= 15 is 0 Å². The van der Waals surface area contributed by atoms with Crippen LogP contribution in [0.25, 0.3) is 0 Å². The number of hydrogen-bond donors (Lipinski definition) is 0. The lowest BCUT2D eigenvalue weighted by Gasteiger charge is -2.14. The fraction of sp³-hybridized carbons (Fsp3) is 0.409. The van der Waals surface area contributed by atoms with E-state index in [1.165, 1.54) is 31.9 Å². The van der Waals surface area contributed by atoms with Crippen molar-refractivity contribution >= 4 is 5.78 Å². The molecule has 144 valence electrons. The quantitative estimate of drug-likeness (QED) is 0.622. The number of aryl methyl sites for hydroxylation is 1. The largest absolute Gasteiger partial charge is 0.490 e. The van der Waals surface area contributed by atoms with Crippen LogP contribution < -0.4 is 9.47 Å². The smallest absolute Gasteiger partial charge is 0.191 e. The number of Topliss-reactive ketones (excluding diaryl/α,β-unsaturated/α-hetero) is 1. The van der Waals surface area contributed by atoms with E-state index < -0.39 is 17.4 Å². The topological polar surface area (TPSA) is 35.5 Å². The molecule has 5 heteroatoms. The molecule has 3 nitrogen and oxygen atoms in total. The van der Waals surface area contributed by atoms with Crippen LogP contribution in [-0.2, 0) is 17.8 Å². The van der Waals surface area contributed by atoms with E-state index in [4.69, 9.17) is 9.47 Å². The lowest BCUT2D eigenvalue weighted by molar-refractivity contribution is -0.116. The van der Waals surface area contributed by atoms with Crippen LogP contribution >= 0.6 is 0 Å². The maximum Gasteiger partial charge on any atom is 0.191 e. The Labute approximate surface area is 158 Å². The van der Waals surface area contributed by atoms with E-state index in [0.29, 0.717) is 12.0 Å². The standard InChI is InChI=1S/C22H24F2O3/c1-15(25)9-10-16-12-20(23)22(21(24)13-16)26-14-17-5-4-8-19(11-17)27-18-6-2-3-7-18/h4-5,8,11-13,18H,2-3,6-7,9-10,14H2,1H3. The van der Waals surface area contributed by atoms with Crippen LogP contribution in [-0.4, -0.2) is 11.9 Å². The van der Waals surface area contributed by atoms with Crippen molar-refractivity contribution < 1.29 is 23.0 Å². The summed E-state index contributed by atoms with van der Waals surface area (Å²) in [4.78, 5) is 11.0. The molecule has 27 heavy (non-hydrogen) atoms. The van der Waals surface area contributed by atoms with Crippen molar-refractivity contribution in [2.75, 3.05) is 0 Å². The second kappa shape index (κ2) is 8.98. The Kier molecular flexibility index (Phi) is 6.43. The maximum atomic E-state index is 14.2. The van der Waals surface area contributed by atoms with Crippen molar-refractivity contribution in [3.05, 3.63) is 59.2 Å².